The lowest BCUT2D eigenvalue weighted by Gasteiger charge is -2.32. The Morgan fingerprint density at radius 1 is 1.15 bits per heavy atom. The van der Waals surface area contributed by atoms with Gasteiger partial charge in [0.15, 0.2) is 0 Å². The van der Waals surface area contributed by atoms with Gasteiger partial charge in [-0.3, -0.25) is 9.59 Å². The summed E-state index contributed by atoms with van der Waals surface area (Å²) in [5, 5.41) is 2.73. The topological polar surface area (TPSA) is 75.4 Å². The highest BCUT2D eigenvalue weighted by atomic mass is 19.1. The lowest BCUT2D eigenvalue weighted by molar-refractivity contribution is -0.114. The van der Waals surface area contributed by atoms with E-state index in [-0.39, 0.29) is 17.2 Å². The van der Waals surface area contributed by atoms with Crippen LogP contribution in [0.5, 0.6) is 0 Å². The number of rotatable bonds is 7. The highest BCUT2D eigenvalue weighted by molar-refractivity contribution is 5.94. The van der Waals surface area contributed by atoms with Gasteiger partial charge < -0.3 is 16.0 Å². The van der Waals surface area contributed by atoms with Gasteiger partial charge in [-0.2, -0.15) is 0 Å². The Kier molecular flexibility index (Phi) is 6.69. The maximum Gasteiger partial charge on any atom is 0.254 e. The summed E-state index contributed by atoms with van der Waals surface area (Å²) in [7, 11) is 0. The predicted molar refractivity (Wildman–Crippen MR) is 105 cm³/mol. The molecule has 3 N–H and O–H groups in total. The monoisotopic (exact) mass is 371 g/mol. The predicted octanol–water partition coefficient (Wildman–Crippen LogP) is 3.41. The molecule has 0 unspecified atom stereocenters. The van der Waals surface area contributed by atoms with Crippen LogP contribution in [0.15, 0.2) is 48.5 Å². The lowest BCUT2D eigenvalue weighted by Crippen LogP contribution is -2.41. The molecule has 2 rings (SSSR count). The van der Waals surface area contributed by atoms with Crippen molar-refractivity contribution < 1.29 is 14.0 Å². The van der Waals surface area contributed by atoms with Crippen LogP contribution in [0.4, 0.5) is 10.1 Å². The fourth-order valence-electron chi connectivity index (χ4n) is 2.76. The number of carbonyl (C=O) groups excluding carboxylic acids is 2. The van der Waals surface area contributed by atoms with Crippen LogP contribution in [0.25, 0.3) is 0 Å². The lowest BCUT2D eigenvalue weighted by atomic mass is 9.92. The maximum absolute atomic E-state index is 13.6. The molecule has 2 aromatic carbocycles. The third-order valence-corrected chi connectivity index (χ3v) is 4.15. The molecule has 0 aromatic heterocycles. The number of halogens is 1. The summed E-state index contributed by atoms with van der Waals surface area (Å²) in [6.45, 7) is 6.55. The first kappa shape index (κ1) is 20.6. The van der Waals surface area contributed by atoms with E-state index in [0.717, 1.165) is 5.56 Å². The molecule has 0 bridgehead atoms. The van der Waals surface area contributed by atoms with Crippen LogP contribution in [0, 0.1) is 11.2 Å². The van der Waals surface area contributed by atoms with Crippen molar-refractivity contribution in [3.05, 3.63) is 65.5 Å². The Bertz CT molecular complexity index is 821. The smallest absolute Gasteiger partial charge is 0.254 e. The van der Waals surface area contributed by atoms with Gasteiger partial charge in [0.1, 0.15) is 5.82 Å². The molecule has 0 saturated carbocycles. The summed E-state index contributed by atoms with van der Waals surface area (Å²) in [6, 6.07) is 13.0. The van der Waals surface area contributed by atoms with Gasteiger partial charge in [0.2, 0.25) is 5.91 Å². The van der Waals surface area contributed by atoms with Gasteiger partial charge in [-0.15, -0.1) is 0 Å². The molecular formula is C21H26FN3O2. The zero-order valence-corrected chi connectivity index (χ0v) is 16.0. The number of hydrogen-bond donors (Lipinski definition) is 2. The Hall–Kier alpha value is -2.73. The number of nitrogens with one attached hydrogen (secondary N) is 1. The van der Waals surface area contributed by atoms with Crippen molar-refractivity contribution in [3.63, 3.8) is 0 Å². The van der Waals surface area contributed by atoms with Crippen LogP contribution in [0.2, 0.25) is 0 Å². The van der Waals surface area contributed by atoms with E-state index in [1.807, 2.05) is 32.0 Å². The maximum atomic E-state index is 13.6. The molecule has 0 spiro atoms. The average molecular weight is 371 g/mol. The number of amides is 2. The first-order chi connectivity index (χ1) is 12.7. The van der Waals surface area contributed by atoms with Gasteiger partial charge >= 0.3 is 0 Å². The van der Waals surface area contributed by atoms with E-state index < -0.39 is 5.82 Å². The van der Waals surface area contributed by atoms with Crippen molar-refractivity contribution in [2.45, 2.75) is 27.3 Å². The van der Waals surface area contributed by atoms with E-state index >= 15 is 0 Å². The Morgan fingerprint density at radius 3 is 2.48 bits per heavy atom. The summed E-state index contributed by atoms with van der Waals surface area (Å²) in [4.78, 5) is 25.9. The van der Waals surface area contributed by atoms with Crippen LogP contribution >= 0.6 is 0 Å². The molecule has 2 amide bonds. The highest BCUT2D eigenvalue weighted by Gasteiger charge is 2.25. The minimum atomic E-state index is -0.452. The van der Waals surface area contributed by atoms with Crippen LogP contribution in [0.1, 0.15) is 36.7 Å². The van der Waals surface area contributed by atoms with Crippen molar-refractivity contribution in [1.82, 2.24) is 4.90 Å². The molecule has 0 saturated heterocycles. The SMILES string of the molecule is CC(=O)Nc1cccc(CN(CC(C)(C)CN)C(=O)c2cccc(F)c2)c1. The van der Waals surface area contributed by atoms with E-state index in [2.05, 4.69) is 5.32 Å². The first-order valence-corrected chi connectivity index (χ1v) is 8.81. The molecule has 0 aliphatic carbocycles. The van der Waals surface area contributed by atoms with Crippen molar-refractivity contribution >= 4 is 17.5 Å². The fourth-order valence-corrected chi connectivity index (χ4v) is 2.76. The number of hydrogen-bond acceptors (Lipinski definition) is 3. The molecule has 2 aromatic rings. The van der Waals surface area contributed by atoms with Crippen LogP contribution < -0.4 is 11.1 Å². The minimum absolute atomic E-state index is 0.163. The number of nitrogens with two attached hydrogens (primary N) is 1. The molecule has 0 heterocycles. The van der Waals surface area contributed by atoms with Gasteiger partial charge in [0.25, 0.3) is 5.91 Å². The number of carbonyl (C=O) groups is 2. The third-order valence-electron chi connectivity index (χ3n) is 4.15. The van der Waals surface area contributed by atoms with E-state index in [1.54, 1.807) is 17.0 Å². The van der Waals surface area contributed by atoms with Crippen LogP contribution in [-0.4, -0.2) is 29.8 Å². The van der Waals surface area contributed by atoms with Gasteiger partial charge in [-0.25, -0.2) is 4.39 Å². The highest BCUT2D eigenvalue weighted by Crippen LogP contribution is 2.21. The fraction of sp³-hybridized carbons (Fsp3) is 0.333. The molecule has 0 atom stereocenters. The quantitative estimate of drug-likeness (QED) is 0.783. The van der Waals surface area contributed by atoms with Gasteiger partial charge in [0.05, 0.1) is 0 Å². The third kappa shape index (κ3) is 6.18. The van der Waals surface area contributed by atoms with E-state index in [1.165, 1.54) is 25.1 Å². The molecule has 144 valence electrons. The van der Waals surface area contributed by atoms with Gasteiger partial charge in [0, 0.05) is 31.3 Å². The molecule has 5 nitrogen and oxygen atoms in total. The van der Waals surface area contributed by atoms with Gasteiger partial charge in [-0.05, 0) is 47.9 Å². The molecule has 27 heavy (non-hydrogen) atoms. The summed E-state index contributed by atoms with van der Waals surface area (Å²) < 4.78 is 13.6. The normalized spacial score (nSPS) is 11.1. The summed E-state index contributed by atoms with van der Waals surface area (Å²) >= 11 is 0. The Balaban J connectivity index is 2.30. The molecule has 6 heteroatoms. The Morgan fingerprint density at radius 2 is 1.85 bits per heavy atom. The average Bonchev–Trinajstić information content (AvgIpc) is 2.60. The second-order valence-electron chi connectivity index (χ2n) is 7.42. The minimum Gasteiger partial charge on any atom is -0.334 e. The molecule has 0 aliphatic rings. The van der Waals surface area contributed by atoms with Gasteiger partial charge in [-0.1, -0.05) is 32.0 Å². The van der Waals surface area contributed by atoms with E-state index in [4.69, 9.17) is 5.73 Å². The van der Waals surface area contributed by atoms with Crippen LogP contribution in [0.3, 0.4) is 0 Å². The van der Waals surface area contributed by atoms with Crippen LogP contribution in [-0.2, 0) is 11.3 Å². The zero-order chi connectivity index (χ0) is 20.0. The molecule has 0 fully saturated rings. The second-order valence-corrected chi connectivity index (χ2v) is 7.42. The number of nitrogens with zero attached hydrogens (tertiary/aromatic N) is 1. The number of benzene rings is 2. The Labute approximate surface area is 159 Å². The summed E-state index contributed by atoms with van der Waals surface area (Å²) in [6.07, 6.45) is 0. The van der Waals surface area contributed by atoms with Crippen molar-refractivity contribution in [2.75, 3.05) is 18.4 Å². The number of anilines is 1. The van der Waals surface area contributed by atoms with E-state index in [9.17, 15) is 14.0 Å². The van der Waals surface area contributed by atoms with E-state index in [0.29, 0.717) is 30.9 Å². The summed E-state index contributed by atoms with van der Waals surface area (Å²) in [5.41, 5.74) is 7.37. The molecule has 0 radical (unpaired) electrons. The van der Waals surface area contributed by atoms with Crippen molar-refractivity contribution in [2.24, 2.45) is 11.1 Å². The standard InChI is InChI=1S/C21H26FN3O2/c1-15(26)24-19-9-4-6-16(10-19)12-25(14-21(2,3)13-23)20(27)17-7-5-8-18(22)11-17/h4-11H,12-14,23H2,1-3H3,(H,24,26). The molecule has 0 aliphatic heterocycles. The summed E-state index contributed by atoms with van der Waals surface area (Å²) in [5.74, 6) is -0.878. The van der Waals surface area contributed by atoms with Crippen molar-refractivity contribution in [3.8, 4) is 0 Å². The zero-order valence-electron chi connectivity index (χ0n) is 16.0. The first-order valence-electron chi connectivity index (χ1n) is 8.81. The second kappa shape index (κ2) is 8.77. The van der Waals surface area contributed by atoms with Crippen molar-refractivity contribution in [1.29, 1.82) is 0 Å². The largest absolute Gasteiger partial charge is 0.334 e. The molecular weight excluding hydrogens is 345 g/mol.